The molecule has 0 fully saturated rings. The number of hydrogen-bond acceptors (Lipinski definition) is 2. The lowest BCUT2D eigenvalue weighted by atomic mass is 9.97. The van der Waals surface area contributed by atoms with E-state index in [-0.39, 0.29) is 11.9 Å². The average molecular weight is 237 g/mol. The van der Waals surface area contributed by atoms with Crippen LogP contribution in [0.4, 0.5) is 4.39 Å². The van der Waals surface area contributed by atoms with Gasteiger partial charge in [-0.3, -0.25) is 0 Å². The molecule has 0 saturated carbocycles. The van der Waals surface area contributed by atoms with Gasteiger partial charge in [0.05, 0.1) is 6.61 Å². The Morgan fingerprint density at radius 3 is 3.06 bits per heavy atom. The Bertz CT molecular complexity index is 392. The van der Waals surface area contributed by atoms with Gasteiger partial charge in [0.1, 0.15) is 0 Å². The van der Waals surface area contributed by atoms with Crippen LogP contribution in [0.25, 0.3) is 0 Å². The van der Waals surface area contributed by atoms with Crippen molar-refractivity contribution in [2.45, 2.75) is 39.2 Å². The molecule has 1 aliphatic heterocycles. The van der Waals surface area contributed by atoms with E-state index in [9.17, 15) is 4.39 Å². The first-order chi connectivity index (χ1) is 8.24. The van der Waals surface area contributed by atoms with Crippen LogP contribution in [0.2, 0.25) is 0 Å². The van der Waals surface area contributed by atoms with Crippen molar-refractivity contribution in [3.63, 3.8) is 0 Å². The number of aryl methyl sites for hydroxylation is 1. The van der Waals surface area contributed by atoms with Crippen LogP contribution in [-0.2, 0) is 0 Å². The summed E-state index contributed by atoms with van der Waals surface area (Å²) in [6, 6.07) is 3.56. The largest absolute Gasteiger partial charge is 0.490 e. The number of nitrogens with one attached hydrogen (secondary N) is 1. The smallest absolute Gasteiger partial charge is 0.165 e. The van der Waals surface area contributed by atoms with Crippen molar-refractivity contribution in [1.82, 2.24) is 5.32 Å². The predicted octanol–water partition coefficient (Wildman–Crippen LogP) is 3.35. The lowest BCUT2D eigenvalue weighted by Gasteiger charge is -2.20. The van der Waals surface area contributed by atoms with E-state index in [1.165, 1.54) is 6.07 Å². The third kappa shape index (κ3) is 2.60. The first-order valence-corrected chi connectivity index (χ1v) is 6.39. The second kappa shape index (κ2) is 5.50. The van der Waals surface area contributed by atoms with Crippen LogP contribution < -0.4 is 10.1 Å². The molecule has 2 nitrogen and oxygen atoms in total. The van der Waals surface area contributed by atoms with Crippen molar-refractivity contribution in [3.8, 4) is 5.75 Å². The van der Waals surface area contributed by atoms with Gasteiger partial charge < -0.3 is 10.1 Å². The van der Waals surface area contributed by atoms with Crippen LogP contribution in [0, 0.1) is 12.7 Å². The summed E-state index contributed by atoms with van der Waals surface area (Å²) in [5.41, 5.74) is 2.12. The molecule has 1 N–H and O–H groups in total. The third-order valence-corrected chi connectivity index (χ3v) is 3.24. The summed E-state index contributed by atoms with van der Waals surface area (Å²) in [5.74, 6) is 0.215. The molecule has 3 heteroatoms. The Hall–Kier alpha value is -1.09. The molecule has 1 aromatic carbocycles. The molecule has 2 rings (SSSR count). The number of ether oxygens (including phenoxy) is 1. The lowest BCUT2D eigenvalue weighted by molar-refractivity contribution is 0.300. The Labute approximate surface area is 102 Å². The lowest BCUT2D eigenvalue weighted by Crippen LogP contribution is -2.22. The summed E-state index contributed by atoms with van der Waals surface area (Å²) in [6.07, 6.45) is 3.06. The van der Waals surface area contributed by atoms with Crippen molar-refractivity contribution >= 4 is 0 Å². The molecule has 0 aliphatic carbocycles. The molecule has 1 aromatic rings. The minimum Gasteiger partial charge on any atom is -0.490 e. The zero-order valence-corrected chi connectivity index (χ0v) is 10.6. The highest BCUT2D eigenvalue weighted by molar-refractivity contribution is 5.43. The molecule has 17 heavy (non-hydrogen) atoms. The molecule has 94 valence electrons. The zero-order valence-electron chi connectivity index (χ0n) is 10.6. The van der Waals surface area contributed by atoms with Gasteiger partial charge in [-0.2, -0.15) is 0 Å². The van der Waals surface area contributed by atoms with Gasteiger partial charge in [-0.15, -0.1) is 0 Å². The van der Waals surface area contributed by atoms with Crippen molar-refractivity contribution in [1.29, 1.82) is 0 Å². The van der Waals surface area contributed by atoms with Crippen LogP contribution in [0.3, 0.4) is 0 Å². The van der Waals surface area contributed by atoms with E-state index in [1.807, 2.05) is 13.0 Å². The van der Waals surface area contributed by atoms with Gasteiger partial charge in [-0.25, -0.2) is 4.39 Å². The molecular weight excluding hydrogens is 217 g/mol. The Morgan fingerprint density at radius 1 is 1.47 bits per heavy atom. The summed E-state index contributed by atoms with van der Waals surface area (Å²) < 4.78 is 19.3. The normalized spacial score (nSPS) is 19.4. The van der Waals surface area contributed by atoms with E-state index >= 15 is 0 Å². The number of fused-ring (bicyclic) bond motifs is 1. The molecule has 1 heterocycles. The summed E-state index contributed by atoms with van der Waals surface area (Å²) in [6.45, 7) is 5.73. The predicted molar refractivity (Wildman–Crippen MR) is 66.9 cm³/mol. The second-order valence-electron chi connectivity index (χ2n) is 4.60. The molecule has 1 atom stereocenters. The minimum atomic E-state index is -0.240. The van der Waals surface area contributed by atoms with Crippen LogP contribution in [-0.4, -0.2) is 13.2 Å². The van der Waals surface area contributed by atoms with Gasteiger partial charge in [0, 0.05) is 11.6 Å². The van der Waals surface area contributed by atoms with Crippen molar-refractivity contribution in [3.05, 3.63) is 29.1 Å². The van der Waals surface area contributed by atoms with Crippen molar-refractivity contribution < 1.29 is 9.13 Å². The van der Waals surface area contributed by atoms with Crippen LogP contribution in [0.5, 0.6) is 5.75 Å². The topological polar surface area (TPSA) is 21.3 Å². The fourth-order valence-corrected chi connectivity index (χ4v) is 2.38. The molecule has 0 bridgehead atoms. The number of rotatable bonds is 3. The third-order valence-electron chi connectivity index (χ3n) is 3.24. The summed E-state index contributed by atoms with van der Waals surface area (Å²) >= 11 is 0. The molecule has 0 saturated heterocycles. The van der Waals surface area contributed by atoms with Gasteiger partial charge >= 0.3 is 0 Å². The highest BCUT2D eigenvalue weighted by Crippen LogP contribution is 2.35. The van der Waals surface area contributed by atoms with Gasteiger partial charge in [0.25, 0.3) is 0 Å². The van der Waals surface area contributed by atoms with Gasteiger partial charge in [0.2, 0.25) is 0 Å². The molecule has 0 amide bonds. The van der Waals surface area contributed by atoms with E-state index in [4.69, 9.17) is 4.74 Å². The van der Waals surface area contributed by atoms with Crippen molar-refractivity contribution in [2.75, 3.05) is 13.2 Å². The first-order valence-electron chi connectivity index (χ1n) is 6.39. The van der Waals surface area contributed by atoms with Crippen LogP contribution in [0.1, 0.15) is 43.4 Å². The quantitative estimate of drug-likeness (QED) is 0.870. The van der Waals surface area contributed by atoms with Crippen LogP contribution >= 0.6 is 0 Å². The molecule has 1 unspecified atom stereocenters. The first kappa shape index (κ1) is 12.4. The van der Waals surface area contributed by atoms with Gasteiger partial charge in [-0.05, 0) is 44.4 Å². The highest BCUT2D eigenvalue weighted by Gasteiger charge is 2.23. The van der Waals surface area contributed by atoms with E-state index in [1.54, 1.807) is 0 Å². The fourth-order valence-electron chi connectivity index (χ4n) is 2.38. The Kier molecular flexibility index (Phi) is 4.00. The fraction of sp³-hybridized carbons (Fsp3) is 0.571. The number of benzene rings is 1. The average Bonchev–Trinajstić information content (AvgIpc) is 2.54. The maximum absolute atomic E-state index is 13.8. The van der Waals surface area contributed by atoms with E-state index in [0.29, 0.717) is 12.4 Å². The Morgan fingerprint density at radius 2 is 2.29 bits per heavy atom. The van der Waals surface area contributed by atoms with E-state index in [2.05, 4.69) is 12.2 Å². The standard InChI is InChI=1S/C14H20FNO/c1-3-8-16-12-5-4-9-17-14-11(15)7-6-10(2)13(12)14/h6-7,12,16H,3-5,8-9H2,1-2H3. The Balaban J connectivity index is 2.36. The number of hydrogen-bond donors (Lipinski definition) is 1. The molecule has 0 aromatic heterocycles. The highest BCUT2D eigenvalue weighted by atomic mass is 19.1. The van der Waals surface area contributed by atoms with Gasteiger partial charge in [-0.1, -0.05) is 13.0 Å². The molecular formula is C14H20FNO. The minimum absolute atomic E-state index is 0.225. The van der Waals surface area contributed by atoms with E-state index in [0.717, 1.165) is 36.9 Å². The van der Waals surface area contributed by atoms with Gasteiger partial charge in [0.15, 0.2) is 11.6 Å². The zero-order chi connectivity index (χ0) is 12.3. The number of halogens is 1. The maximum atomic E-state index is 13.8. The van der Waals surface area contributed by atoms with E-state index < -0.39 is 0 Å². The molecule has 0 radical (unpaired) electrons. The summed E-state index contributed by atoms with van der Waals surface area (Å²) in [5, 5.41) is 3.49. The summed E-state index contributed by atoms with van der Waals surface area (Å²) in [4.78, 5) is 0. The molecule has 0 spiro atoms. The SMILES string of the molecule is CCCNC1CCCOc2c(F)ccc(C)c21. The second-order valence-corrected chi connectivity index (χ2v) is 4.60. The van der Waals surface area contributed by atoms with Crippen molar-refractivity contribution in [2.24, 2.45) is 0 Å². The maximum Gasteiger partial charge on any atom is 0.165 e. The molecule has 1 aliphatic rings. The van der Waals surface area contributed by atoms with Crippen LogP contribution in [0.15, 0.2) is 12.1 Å². The monoisotopic (exact) mass is 237 g/mol. The summed E-state index contributed by atoms with van der Waals surface area (Å²) in [7, 11) is 0.